The Labute approximate surface area is 137 Å². The molecule has 2 amide bonds. The predicted octanol–water partition coefficient (Wildman–Crippen LogP) is 2.92. The van der Waals surface area contributed by atoms with Gasteiger partial charge in [-0.15, -0.1) is 0 Å². The molecule has 0 saturated heterocycles. The molecule has 2 aliphatic carbocycles. The van der Waals surface area contributed by atoms with Gasteiger partial charge in [0.05, 0.1) is 6.10 Å². The van der Waals surface area contributed by atoms with E-state index in [9.17, 15) is 9.90 Å². The van der Waals surface area contributed by atoms with E-state index in [2.05, 4.69) is 10.6 Å². The van der Waals surface area contributed by atoms with Crippen LogP contribution in [0.2, 0.25) is 0 Å². The molecule has 5 nitrogen and oxygen atoms in total. The van der Waals surface area contributed by atoms with Crippen LogP contribution in [0.4, 0.5) is 10.5 Å². The molecule has 126 valence electrons. The summed E-state index contributed by atoms with van der Waals surface area (Å²) in [5.74, 6) is 1.29. The molecule has 0 heterocycles. The van der Waals surface area contributed by atoms with E-state index in [1.807, 2.05) is 31.2 Å². The first kappa shape index (κ1) is 16.3. The van der Waals surface area contributed by atoms with Crippen molar-refractivity contribution in [3.8, 4) is 0 Å². The summed E-state index contributed by atoms with van der Waals surface area (Å²) in [6.45, 7) is 2.13. The molecular formula is C18H26N2O3. The van der Waals surface area contributed by atoms with Crippen molar-refractivity contribution < 1.29 is 14.6 Å². The lowest BCUT2D eigenvalue weighted by atomic mass is 9.85. The maximum atomic E-state index is 12.3. The summed E-state index contributed by atoms with van der Waals surface area (Å²) in [6.07, 6.45) is 3.47. The largest absolute Gasteiger partial charge is 0.396 e. The molecule has 2 bridgehead atoms. The average molecular weight is 318 g/mol. The highest BCUT2D eigenvalue weighted by Gasteiger charge is 2.47. The van der Waals surface area contributed by atoms with Gasteiger partial charge >= 0.3 is 6.03 Å². The fourth-order valence-electron chi connectivity index (χ4n) is 4.22. The summed E-state index contributed by atoms with van der Waals surface area (Å²) < 4.78 is 5.31. The molecule has 0 unspecified atom stereocenters. The molecule has 2 saturated carbocycles. The number of rotatable bonds is 5. The van der Waals surface area contributed by atoms with E-state index in [1.54, 1.807) is 7.11 Å². The van der Waals surface area contributed by atoms with Gasteiger partial charge in [-0.1, -0.05) is 12.1 Å². The summed E-state index contributed by atoms with van der Waals surface area (Å²) in [6, 6.07) is 7.60. The van der Waals surface area contributed by atoms with E-state index in [1.165, 1.54) is 6.42 Å². The number of aliphatic hydroxyl groups excluding tert-OH is 1. The van der Waals surface area contributed by atoms with Crippen molar-refractivity contribution in [1.29, 1.82) is 0 Å². The first-order valence-corrected chi connectivity index (χ1v) is 8.43. The van der Waals surface area contributed by atoms with Gasteiger partial charge in [-0.25, -0.2) is 4.79 Å². The summed E-state index contributed by atoms with van der Waals surface area (Å²) in [4.78, 5) is 12.3. The van der Waals surface area contributed by atoms with Crippen LogP contribution < -0.4 is 10.6 Å². The maximum absolute atomic E-state index is 12.3. The molecule has 5 atom stereocenters. The Morgan fingerprint density at radius 1 is 1.39 bits per heavy atom. The summed E-state index contributed by atoms with van der Waals surface area (Å²) in [5.41, 5.74) is 1.78. The van der Waals surface area contributed by atoms with Crippen molar-refractivity contribution in [2.24, 2.45) is 17.8 Å². The van der Waals surface area contributed by atoms with Crippen LogP contribution in [0.3, 0.4) is 0 Å². The molecular weight excluding hydrogens is 292 g/mol. The van der Waals surface area contributed by atoms with Crippen molar-refractivity contribution in [2.45, 2.75) is 38.3 Å². The number of nitrogens with one attached hydrogen (secondary N) is 2. The van der Waals surface area contributed by atoms with E-state index >= 15 is 0 Å². The number of hydrogen-bond acceptors (Lipinski definition) is 3. The van der Waals surface area contributed by atoms with Gasteiger partial charge in [-0.05, 0) is 55.7 Å². The van der Waals surface area contributed by atoms with Crippen LogP contribution in [0.5, 0.6) is 0 Å². The van der Waals surface area contributed by atoms with E-state index in [4.69, 9.17) is 4.74 Å². The van der Waals surface area contributed by atoms with Crippen molar-refractivity contribution in [3.63, 3.8) is 0 Å². The summed E-state index contributed by atoms with van der Waals surface area (Å²) >= 11 is 0. The number of amides is 2. The van der Waals surface area contributed by atoms with Crippen LogP contribution in [0.25, 0.3) is 0 Å². The molecule has 0 aromatic heterocycles. The third kappa shape index (κ3) is 3.35. The van der Waals surface area contributed by atoms with E-state index in [-0.39, 0.29) is 30.7 Å². The number of fused-ring (bicyclic) bond motifs is 2. The molecule has 0 radical (unpaired) electrons. The summed E-state index contributed by atoms with van der Waals surface area (Å²) in [7, 11) is 1.67. The molecule has 2 aliphatic rings. The smallest absolute Gasteiger partial charge is 0.319 e. The minimum absolute atomic E-state index is 0.0100. The van der Waals surface area contributed by atoms with Crippen molar-refractivity contribution in [1.82, 2.24) is 5.32 Å². The molecule has 1 aromatic carbocycles. The fraction of sp³-hybridized carbons (Fsp3) is 0.611. The number of urea groups is 1. The van der Waals surface area contributed by atoms with Gasteiger partial charge < -0.3 is 20.5 Å². The van der Waals surface area contributed by atoms with E-state index < -0.39 is 0 Å². The van der Waals surface area contributed by atoms with Crippen molar-refractivity contribution in [2.75, 3.05) is 19.0 Å². The third-order valence-electron chi connectivity index (χ3n) is 5.56. The molecule has 3 rings (SSSR count). The SMILES string of the molecule is CO[C@H](C)c1cccc(NC(=O)N[C@@H]2[C@H]3CC[C@@H](C3)[C@@H]2CO)c1. The lowest BCUT2D eigenvalue weighted by Gasteiger charge is -2.30. The van der Waals surface area contributed by atoms with E-state index in [0.717, 1.165) is 24.1 Å². The van der Waals surface area contributed by atoms with Crippen LogP contribution in [-0.2, 0) is 4.74 Å². The average Bonchev–Trinajstić information content (AvgIpc) is 3.15. The molecule has 5 heteroatoms. The fourth-order valence-corrected chi connectivity index (χ4v) is 4.22. The van der Waals surface area contributed by atoms with Gasteiger partial charge in [0.2, 0.25) is 0 Å². The number of hydrogen-bond donors (Lipinski definition) is 3. The van der Waals surface area contributed by atoms with Crippen LogP contribution in [-0.4, -0.2) is 30.9 Å². The predicted molar refractivity (Wildman–Crippen MR) is 89.2 cm³/mol. The second kappa shape index (κ2) is 6.89. The Morgan fingerprint density at radius 2 is 2.17 bits per heavy atom. The normalized spacial score (nSPS) is 30.2. The molecule has 3 N–H and O–H groups in total. The Bertz CT molecular complexity index is 563. The van der Waals surface area contributed by atoms with Gasteiger partial charge in [0.25, 0.3) is 0 Å². The van der Waals surface area contributed by atoms with Crippen LogP contribution in [0, 0.1) is 17.8 Å². The zero-order chi connectivity index (χ0) is 16.4. The number of aliphatic hydroxyl groups is 1. The van der Waals surface area contributed by atoms with Gasteiger partial charge in [-0.2, -0.15) is 0 Å². The number of ether oxygens (including phenoxy) is 1. The zero-order valence-electron chi connectivity index (χ0n) is 13.8. The monoisotopic (exact) mass is 318 g/mol. The lowest BCUT2D eigenvalue weighted by Crippen LogP contribution is -2.46. The number of methoxy groups -OCH3 is 1. The quantitative estimate of drug-likeness (QED) is 0.782. The van der Waals surface area contributed by atoms with Gasteiger partial charge in [0.1, 0.15) is 0 Å². The van der Waals surface area contributed by atoms with Crippen LogP contribution in [0.15, 0.2) is 24.3 Å². The topological polar surface area (TPSA) is 70.6 Å². The van der Waals surface area contributed by atoms with Crippen molar-refractivity contribution in [3.05, 3.63) is 29.8 Å². The Balaban J connectivity index is 1.61. The van der Waals surface area contributed by atoms with Gasteiger partial charge in [-0.3, -0.25) is 0 Å². The highest BCUT2D eigenvalue weighted by atomic mass is 16.5. The zero-order valence-corrected chi connectivity index (χ0v) is 13.8. The minimum Gasteiger partial charge on any atom is -0.396 e. The second-order valence-corrected chi connectivity index (χ2v) is 6.81. The molecule has 0 spiro atoms. The number of carbonyl (C=O) groups excluding carboxylic acids is 1. The highest BCUT2D eigenvalue weighted by molar-refractivity contribution is 5.89. The number of benzene rings is 1. The first-order valence-electron chi connectivity index (χ1n) is 8.43. The number of carbonyl (C=O) groups is 1. The van der Waals surface area contributed by atoms with Gasteiger partial charge in [0.15, 0.2) is 0 Å². The Morgan fingerprint density at radius 3 is 2.91 bits per heavy atom. The van der Waals surface area contributed by atoms with Crippen molar-refractivity contribution >= 4 is 11.7 Å². The number of anilines is 1. The summed E-state index contributed by atoms with van der Waals surface area (Å²) in [5, 5.41) is 15.6. The highest BCUT2D eigenvalue weighted by Crippen LogP contribution is 2.48. The molecule has 1 aromatic rings. The lowest BCUT2D eigenvalue weighted by molar-refractivity contribution is 0.119. The third-order valence-corrected chi connectivity index (χ3v) is 5.56. The van der Waals surface area contributed by atoms with E-state index in [0.29, 0.717) is 11.8 Å². The molecule has 23 heavy (non-hydrogen) atoms. The minimum atomic E-state index is -0.191. The van der Waals surface area contributed by atoms with Crippen LogP contribution >= 0.6 is 0 Å². The first-order chi connectivity index (χ1) is 11.1. The Hall–Kier alpha value is -1.59. The Kier molecular flexibility index (Phi) is 4.87. The van der Waals surface area contributed by atoms with Crippen LogP contribution in [0.1, 0.15) is 37.9 Å². The molecule has 0 aliphatic heterocycles. The standard InChI is InChI=1S/C18H26N2O3/c1-11(23-2)12-4-3-5-15(9-12)19-18(22)20-17-14-7-6-13(8-14)16(17)10-21/h3-5,9,11,13-14,16-17,21H,6-8,10H2,1-2H3,(H2,19,20,22)/t11-,13+,14+,16+,17-/m1/s1. The van der Waals surface area contributed by atoms with Gasteiger partial charge in [0, 0.05) is 31.4 Å². The second-order valence-electron chi connectivity index (χ2n) is 6.81. The maximum Gasteiger partial charge on any atom is 0.319 e. The molecule has 2 fully saturated rings.